The maximum Gasteiger partial charge on any atom is 0.474 e. The van der Waals surface area contributed by atoms with Crippen molar-refractivity contribution < 1.29 is 60.7 Å². The molecule has 2 aromatic heterocycles. The fourth-order valence-corrected chi connectivity index (χ4v) is 6.77. The molecular weight excluding hydrogens is 844 g/mol. The molecule has 19 nitrogen and oxygen atoms in total. The standard InChI is InChI=1S/C39H40F3N8O11P/c1-3-59-62(58,60-4-2)61-18-17-22-5-10-26(11-6-22)46-35(54)28-14-9-24(39(40,41)42)19-30(28)48-38-49-33-32(36(55)50-38)45-27(21-44-33)20-43-25-12-7-23(8-13-25)34(53)47-29(37(56)57)15-16-31(51)52/h5-14,19,21,29,43H,3-4,15-18,20H2,1-2H3,(H,46,54)(H,47,53)(H,51,52)(H,56,57)(H2,44,48,49,50,55)/t29-/m0/s1. The Morgan fingerprint density at radius 3 is 2.19 bits per heavy atom. The second kappa shape index (κ2) is 20.7. The Balaban J connectivity index is 1.25. The Kier molecular flexibility index (Phi) is 15.5. The highest BCUT2D eigenvalue weighted by Gasteiger charge is 2.32. The summed E-state index contributed by atoms with van der Waals surface area (Å²) in [6.07, 6.45) is -3.90. The Bertz CT molecular complexity index is 2510. The highest BCUT2D eigenvalue weighted by atomic mass is 31.2. The van der Waals surface area contributed by atoms with Gasteiger partial charge in [0, 0.05) is 23.4 Å². The van der Waals surface area contributed by atoms with E-state index >= 15 is 0 Å². The summed E-state index contributed by atoms with van der Waals surface area (Å²) < 4.78 is 69.4. The quantitative estimate of drug-likeness (QED) is 0.0409. The Morgan fingerprint density at radius 2 is 1.56 bits per heavy atom. The molecule has 2 amide bonds. The summed E-state index contributed by atoms with van der Waals surface area (Å²) in [6.45, 7) is 3.61. The first-order valence-electron chi connectivity index (χ1n) is 18.7. The summed E-state index contributed by atoms with van der Waals surface area (Å²) in [4.78, 5) is 76.4. The molecule has 0 radical (unpaired) electrons. The molecule has 3 aromatic carbocycles. The van der Waals surface area contributed by atoms with Crippen molar-refractivity contribution in [1.29, 1.82) is 0 Å². The number of anilines is 4. The van der Waals surface area contributed by atoms with Gasteiger partial charge in [-0.2, -0.15) is 18.2 Å². The van der Waals surface area contributed by atoms with Gasteiger partial charge in [-0.3, -0.25) is 37.7 Å². The Labute approximate surface area is 350 Å². The molecule has 0 aliphatic heterocycles. The van der Waals surface area contributed by atoms with Gasteiger partial charge in [0.05, 0.1) is 55.1 Å². The van der Waals surface area contributed by atoms with Crippen LogP contribution in [-0.2, 0) is 46.9 Å². The molecule has 0 unspecified atom stereocenters. The second-order valence-electron chi connectivity index (χ2n) is 13.1. The second-order valence-corrected chi connectivity index (χ2v) is 14.7. The van der Waals surface area contributed by atoms with E-state index in [9.17, 15) is 46.8 Å². The van der Waals surface area contributed by atoms with Crippen molar-refractivity contribution in [1.82, 2.24) is 25.3 Å². The molecule has 23 heteroatoms. The van der Waals surface area contributed by atoms with Gasteiger partial charge >= 0.3 is 25.9 Å². The summed E-state index contributed by atoms with van der Waals surface area (Å²) in [5.41, 5.74) is -0.853. The maximum absolute atomic E-state index is 13.8. The summed E-state index contributed by atoms with van der Waals surface area (Å²) in [6, 6.07) is 13.3. The van der Waals surface area contributed by atoms with Gasteiger partial charge in [-0.05, 0) is 86.8 Å². The van der Waals surface area contributed by atoms with E-state index in [0.717, 1.165) is 17.7 Å². The van der Waals surface area contributed by atoms with Crippen molar-refractivity contribution >= 4 is 65.8 Å². The van der Waals surface area contributed by atoms with Gasteiger partial charge in [-0.15, -0.1) is 0 Å². The number of nitrogens with zero attached hydrogens (tertiary/aromatic N) is 3. The number of benzene rings is 3. The molecule has 328 valence electrons. The van der Waals surface area contributed by atoms with Crippen LogP contribution in [0.2, 0.25) is 0 Å². The Morgan fingerprint density at radius 1 is 0.887 bits per heavy atom. The fraction of sp³-hybridized carbons (Fsp3) is 0.282. The minimum Gasteiger partial charge on any atom is -0.481 e. The van der Waals surface area contributed by atoms with E-state index in [2.05, 4.69) is 41.2 Å². The molecule has 0 aliphatic rings. The van der Waals surface area contributed by atoms with Crippen LogP contribution in [-0.4, -0.2) is 79.8 Å². The van der Waals surface area contributed by atoms with Crippen LogP contribution in [0.5, 0.6) is 0 Å². The number of rotatable bonds is 21. The number of hydrogen-bond acceptors (Lipinski definition) is 14. The average molecular weight is 885 g/mol. The van der Waals surface area contributed by atoms with Crippen LogP contribution in [0, 0.1) is 0 Å². The zero-order valence-corrected chi connectivity index (χ0v) is 33.8. The average Bonchev–Trinajstić information content (AvgIpc) is 3.22. The van der Waals surface area contributed by atoms with Gasteiger partial charge in [0.2, 0.25) is 5.95 Å². The Hall–Kier alpha value is -6.74. The van der Waals surface area contributed by atoms with E-state index in [4.69, 9.17) is 18.7 Å². The van der Waals surface area contributed by atoms with Crippen LogP contribution in [0.25, 0.3) is 11.2 Å². The van der Waals surface area contributed by atoms with Gasteiger partial charge in [0.15, 0.2) is 11.2 Å². The number of hydrogen-bond donors (Lipinski definition) is 7. The van der Waals surface area contributed by atoms with Gasteiger partial charge in [-0.1, -0.05) is 12.1 Å². The largest absolute Gasteiger partial charge is 0.481 e. The van der Waals surface area contributed by atoms with Crippen molar-refractivity contribution in [3.05, 3.63) is 111 Å². The molecule has 7 N–H and O–H groups in total. The lowest BCUT2D eigenvalue weighted by atomic mass is 10.1. The van der Waals surface area contributed by atoms with Crippen molar-refractivity contribution in [2.24, 2.45) is 0 Å². The van der Waals surface area contributed by atoms with E-state index in [1.165, 1.54) is 30.5 Å². The molecule has 0 bridgehead atoms. The van der Waals surface area contributed by atoms with Crippen molar-refractivity contribution in [2.45, 2.75) is 51.9 Å². The molecule has 62 heavy (non-hydrogen) atoms. The number of nitrogens with one attached hydrogen (secondary N) is 5. The topological polar surface area (TPSA) is 273 Å². The lowest BCUT2D eigenvalue weighted by Crippen LogP contribution is -2.41. The normalized spacial score (nSPS) is 12.1. The van der Waals surface area contributed by atoms with Crippen LogP contribution in [0.15, 0.2) is 77.7 Å². The molecule has 5 aromatic rings. The highest BCUT2D eigenvalue weighted by Crippen LogP contribution is 2.49. The van der Waals surface area contributed by atoms with E-state index < -0.39 is 61.3 Å². The number of phosphoric acid groups is 1. The van der Waals surface area contributed by atoms with Crippen molar-refractivity contribution in [3.8, 4) is 0 Å². The van der Waals surface area contributed by atoms with E-state index in [0.29, 0.717) is 23.9 Å². The zero-order chi connectivity index (χ0) is 45.0. The third-order valence-corrected chi connectivity index (χ3v) is 10.3. The minimum atomic E-state index is -4.78. The highest BCUT2D eigenvalue weighted by molar-refractivity contribution is 7.48. The first-order valence-corrected chi connectivity index (χ1v) is 20.2. The number of H-pyrrole nitrogens is 1. The molecule has 0 saturated heterocycles. The molecule has 0 aliphatic carbocycles. The number of carboxylic acid groups (broad SMARTS) is 2. The number of halogens is 3. The summed E-state index contributed by atoms with van der Waals surface area (Å²) >= 11 is 0. The number of carbonyl (C=O) groups is 4. The van der Waals surface area contributed by atoms with Crippen LogP contribution in [0.4, 0.5) is 36.2 Å². The SMILES string of the molecule is CCOP(=O)(OCC)OCCc1ccc(NC(=O)c2ccc(C(F)(F)F)cc2Nc2nc3ncc(CNc4ccc(C(=O)N[C@@H](CCC(=O)O)C(=O)O)cc4)nc3c(=O)[nH]2)cc1. The first kappa shape index (κ1) is 46.3. The van der Waals surface area contributed by atoms with Gasteiger partial charge in [0.25, 0.3) is 17.4 Å². The molecular formula is C39H40F3N8O11P. The third kappa shape index (κ3) is 12.9. The smallest absolute Gasteiger partial charge is 0.474 e. The van der Waals surface area contributed by atoms with E-state index in [1.54, 1.807) is 38.1 Å². The first-order chi connectivity index (χ1) is 29.5. The monoisotopic (exact) mass is 884 g/mol. The molecule has 0 fully saturated rings. The molecule has 0 spiro atoms. The van der Waals surface area contributed by atoms with Crippen molar-refractivity contribution in [3.63, 3.8) is 0 Å². The minimum absolute atomic E-state index is 0.0142. The van der Waals surface area contributed by atoms with E-state index in [-0.39, 0.29) is 72.4 Å². The third-order valence-electron chi connectivity index (χ3n) is 8.61. The summed E-state index contributed by atoms with van der Waals surface area (Å²) in [5, 5.41) is 28.7. The number of aromatic amines is 1. The van der Waals surface area contributed by atoms with Crippen molar-refractivity contribution in [2.75, 3.05) is 35.8 Å². The number of aromatic nitrogens is 4. The summed E-state index contributed by atoms with van der Waals surface area (Å²) in [5.74, 6) is -4.42. The number of fused-ring (bicyclic) bond motifs is 1. The van der Waals surface area contributed by atoms with E-state index in [1.807, 2.05) is 0 Å². The van der Waals surface area contributed by atoms with Gasteiger partial charge in [-0.25, -0.2) is 19.3 Å². The lowest BCUT2D eigenvalue weighted by molar-refractivity contribution is -0.141. The zero-order valence-electron chi connectivity index (χ0n) is 32.9. The van der Waals surface area contributed by atoms with Crippen LogP contribution < -0.4 is 26.8 Å². The lowest BCUT2D eigenvalue weighted by Gasteiger charge is -2.16. The summed E-state index contributed by atoms with van der Waals surface area (Å²) in [7, 11) is -3.70. The van der Waals surface area contributed by atoms with Crippen LogP contribution in [0.1, 0.15) is 64.2 Å². The number of amides is 2. The molecule has 0 saturated carbocycles. The van der Waals surface area contributed by atoms with Crippen LogP contribution in [0.3, 0.4) is 0 Å². The number of carboxylic acids is 2. The number of alkyl halides is 3. The molecule has 5 rings (SSSR count). The fourth-order valence-electron chi connectivity index (χ4n) is 5.60. The van der Waals surface area contributed by atoms with Gasteiger partial charge in [0.1, 0.15) is 6.04 Å². The predicted molar refractivity (Wildman–Crippen MR) is 217 cm³/mol. The number of aliphatic carboxylic acids is 2. The number of phosphoric ester groups is 1. The van der Waals surface area contributed by atoms with Gasteiger partial charge < -0.3 is 31.5 Å². The predicted octanol–water partition coefficient (Wildman–Crippen LogP) is 6.13. The molecule has 2 heterocycles. The molecule has 1 atom stereocenters. The maximum atomic E-state index is 13.8. The number of carbonyl (C=O) groups excluding carboxylic acids is 2. The van der Waals surface area contributed by atoms with Crippen LogP contribution >= 0.6 is 7.82 Å².